The van der Waals surface area contributed by atoms with Crippen molar-refractivity contribution >= 4 is 29.0 Å². The smallest absolute Gasteiger partial charge is 0.248 e. The van der Waals surface area contributed by atoms with Crippen LogP contribution in [0.1, 0.15) is 10.4 Å². The molecular weight excluding hydrogens is 234 g/mol. The van der Waals surface area contributed by atoms with Crippen LogP contribution in [0.3, 0.4) is 0 Å². The van der Waals surface area contributed by atoms with Crippen LogP contribution < -0.4 is 16.8 Å². The van der Waals surface area contributed by atoms with Crippen LogP contribution in [0.15, 0.2) is 30.9 Å². The van der Waals surface area contributed by atoms with Gasteiger partial charge >= 0.3 is 0 Å². The molecule has 17 heavy (non-hydrogen) atoms. The molecule has 5 heteroatoms. The highest BCUT2D eigenvalue weighted by Gasteiger charge is 2.03. The highest BCUT2D eigenvalue weighted by atomic mass is 32.2. The fourth-order valence-electron chi connectivity index (χ4n) is 1.30. The van der Waals surface area contributed by atoms with Crippen LogP contribution in [0.25, 0.3) is 0 Å². The molecule has 1 aromatic rings. The Morgan fingerprint density at radius 3 is 2.88 bits per heavy atom. The fourth-order valence-corrected chi connectivity index (χ4v) is 1.88. The lowest BCUT2D eigenvalue weighted by atomic mass is 10.1. The van der Waals surface area contributed by atoms with Crippen molar-refractivity contribution in [2.45, 2.75) is 0 Å². The van der Waals surface area contributed by atoms with Gasteiger partial charge < -0.3 is 16.8 Å². The third-order valence-corrected chi connectivity index (χ3v) is 3.10. The lowest BCUT2D eigenvalue weighted by Gasteiger charge is -2.09. The number of hydrogen-bond donors (Lipinski definition) is 3. The molecule has 1 aromatic carbocycles. The molecule has 0 saturated heterocycles. The second-order valence-electron chi connectivity index (χ2n) is 3.46. The van der Waals surface area contributed by atoms with Crippen LogP contribution in [0, 0.1) is 0 Å². The Kier molecular flexibility index (Phi) is 5.42. The third kappa shape index (κ3) is 4.40. The van der Waals surface area contributed by atoms with E-state index in [0.717, 1.165) is 23.7 Å². The molecule has 0 aromatic heterocycles. The van der Waals surface area contributed by atoms with Gasteiger partial charge in [-0.25, -0.2) is 0 Å². The Balaban J connectivity index is 2.49. The molecule has 1 rings (SSSR count). The third-order valence-electron chi connectivity index (χ3n) is 2.13. The number of amides is 1. The first-order chi connectivity index (χ1) is 8.15. The van der Waals surface area contributed by atoms with Crippen LogP contribution in [0.5, 0.6) is 0 Å². The van der Waals surface area contributed by atoms with Gasteiger partial charge in [0.1, 0.15) is 0 Å². The van der Waals surface area contributed by atoms with Crippen LogP contribution >= 0.6 is 11.8 Å². The highest BCUT2D eigenvalue weighted by Crippen LogP contribution is 2.19. The largest absolute Gasteiger partial charge is 0.397 e. The number of carbonyl (C=O) groups is 1. The van der Waals surface area contributed by atoms with E-state index in [1.54, 1.807) is 30.0 Å². The second kappa shape index (κ2) is 6.85. The summed E-state index contributed by atoms with van der Waals surface area (Å²) in [5, 5.41) is 3.21. The molecule has 0 spiro atoms. The number of hydrogen-bond acceptors (Lipinski definition) is 4. The van der Waals surface area contributed by atoms with E-state index in [9.17, 15) is 4.79 Å². The molecule has 0 fully saturated rings. The van der Waals surface area contributed by atoms with Gasteiger partial charge in [0, 0.05) is 23.6 Å². The first-order valence-electron chi connectivity index (χ1n) is 5.27. The molecule has 4 nitrogen and oxygen atoms in total. The van der Waals surface area contributed by atoms with E-state index in [1.807, 2.05) is 6.08 Å². The zero-order valence-corrected chi connectivity index (χ0v) is 10.4. The number of nitrogens with two attached hydrogens (primary N) is 2. The molecule has 0 atom stereocenters. The van der Waals surface area contributed by atoms with Gasteiger partial charge in [-0.15, -0.1) is 6.58 Å². The van der Waals surface area contributed by atoms with Gasteiger partial charge in [-0.2, -0.15) is 11.8 Å². The van der Waals surface area contributed by atoms with Crippen molar-refractivity contribution in [2.24, 2.45) is 5.73 Å². The standard InChI is InChI=1S/C12H17N3OS/c1-2-6-17-7-5-15-11-4-3-9(12(14)16)8-10(11)13/h2-4,8,15H,1,5-7,13H2,(H2,14,16). The van der Waals surface area contributed by atoms with Crippen molar-refractivity contribution < 1.29 is 4.79 Å². The summed E-state index contributed by atoms with van der Waals surface area (Å²) >= 11 is 1.79. The zero-order valence-electron chi connectivity index (χ0n) is 9.61. The summed E-state index contributed by atoms with van der Waals surface area (Å²) in [6.07, 6.45) is 1.88. The monoisotopic (exact) mass is 251 g/mol. The number of nitrogen functional groups attached to an aromatic ring is 1. The molecule has 0 radical (unpaired) electrons. The Hall–Kier alpha value is -1.62. The Labute approximate surface area is 105 Å². The molecule has 0 saturated carbocycles. The molecule has 92 valence electrons. The minimum absolute atomic E-state index is 0.425. The summed E-state index contributed by atoms with van der Waals surface area (Å²) in [5.74, 6) is 1.45. The summed E-state index contributed by atoms with van der Waals surface area (Å²) in [7, 11) is 0. The molecule has 0 aliphatic rings. The van der Waals surface area contributed by atoms with Gasteiger partial charge in [-0.05, 0) is 18.2 Å². The molecule has 0 aliphatic heterocycles. The van der Waals surface area contributed by atoms with E-state index in [4.69, 9.17) is 11.5 Å². The maximum absolute atomic E-state index is 10.9. The van der Waals surface area contributed by atoms with E-state index in [0.29, 0.717) is 11.3 Å². The summed E-state index contributed by atoms with van der Waals surface area (Å²) < 4.78 is 0. The predicted molar refractivity (Wildman–Crippen MR) is 75.4 cm³/mol. The summed E-state index contributed by atoms with van der Waals surface area (Å²) in [4.78, 5) is 10.9. The maximum Gasteiger partial charge on any atom is 0.248 e. The number of carbonyl (C=O) groups excluding carboxylic acids is 1. The predicted octanol–water partition coefficient (Wildman–Crippen LogP) is 1.70. The molecule has 5 N–H and O–H groups in total. The van der Waals surface area contributed by atoms with E-state index < -0.39 is 5.91 Å². The van der Waals surface area contributed by atoms with Gasteiger partial charge in [-0.1, -0.05) is 6.08 Å². The highest BCUT2D eigenvalue weighted by molar-refractivity contribution is 7.99. The van der Waals surface area contributed by atoms with Crippen LogP contribution in [0.4, 0.5) is 11.4 Å². The fraction of sp³-hybridized carbons (Fsp3) is 0.250. The Morgan fingerprint density at radius 2 is 2.29 bits per heavy atom. The number of rotatable bonds is 7. The average Bonchev–Trinajstić information content (AvgIpc) is 2.30. The quantitative estimate of drug-likeness (QED) is 0.391. The van der Waals surface area contributed by atoms with Gasteiger partial charge in [-0.3, -0.25) is 4.79 Å². The first-order valence-corrected chi connectivity index (χ1v) is 6.42. The lowest BCUT2D eigenvalue weighted by molar-refractivity contribution is 0.100. The SMILES string of the molecule is C=CCSCCNc1ccc(C(N)=O)cc1N. The van der Waals surface area contributed by atoms with Crippen molar-refractivity contribution in [1.82, 2.24) is 0 Å². The van der Waals surface area contributed by atoms with Crippen LogP contribution in [-0.2, 0) is 0 Å². The Morgan fingerprint density at radius 1 is 1.53 bits per heavy atom. The van der Waals surface area contributed by atoms with Crippen molar-refractivity contribution in [3.05, 3.63) is 36.4 Å². The number of benzene rings is 1. The van der Waals surface area contributed by atoms with Crippen LogP contribution in [-0.4, -0.2) is 24.0 Å². The molecule has 0 heterocycles. The number of thioether (sulfide) groups is 1. The average molecular weight is 251 g/mol. The van der Waals surface area contributed by atoms with E-state index in [-0.39, 0.29) is 0 Å². The first kappa shape index (κ1) is 13.4. The summed E-state index contributed by atoms with van der Waals surface area (Å²) in [6, 6.07) is 5.02. The second-order valence-corrected chi connectivity index (χ2v) is 4.61. The summed E-state index contributed by atoms with van der Waals surface area (Å²) in [6.45, 7) is 4.47. The minimum atomic E-state index is -0.468. The van der Waals surface area contributed by atoms with E-state index in [2.05, 4.69) is 11.9 Å². The summed E-state index contributed by atoms with van der Waals surface area (Å²) in [5.41, 5.74) is 12.8. The van der Waals surface area contributed by atoms with Crippen molar-refractivity contribution in [2.75, 3.05) is 29.1 Å². The van der Waals surface area contributed by atoms with Crippen molar-refractivity contribution in [1.29, 1.82) is 0 Å². The van der Waals surface area contributed by atoms with E-state index in [1.165, 1.54) is 0 Å². The normalized spacial score (nSPS) is 9.88. The molecule has 0 aliphatic carbocycles. The van der Waals surface area contributed by atoms with Gasteiger partial charge in [0.15, 0.2) is 0 Å². The molecule has 1 amide bonds. The lowest BCUT2D eigenvalue weighted by Crippen LogP contribution is -2.12. The van der Waals surface area contributed by atoms with E-state index >= 15 is 0 Å². The van der Waals surface area contributed by atoms with Crippen LogP contribution in [0.2, 0.25) is 0 Å². The van der Waals surface area contributed by atoms with Crippen molar-refractivity contribution in [3.63, 3.8) is 0 Å². The van der Waals surface area contributed by atoms with Gasteiger partial charge in [0.05, 0.1) is 11.4 Å². The van der Waals surface area contributed by atoms with Gasteiger partial charge in [0.25, 0.3) is 0 Å². The topological polar surface area (TPSA) is 81.1 Å². The molecule has 0 bridgehead atoms. The molecule has 0 unspecified atom stereocenters. The zero-order chi connectivity index (χ0) is 12.7. The number of anilines is 2. The number of nitrogens with one attached hydrogen (secondary N) is 1. The molecular formula is C12H17N3OS. The maximum atomic E-state index is 10.9. The minimum Gasteiger partial charge on any atom is -0.397 e. The van der Waals surface area contributed by atoms with Crippen molar-refractivity contribution in [3.8, 4) is 0 Å². The Bertz CT molecular complexity index is 407. The van der Waals surface area contributed by atoms with Gasteiger partial charge in [0.2, 0.25) is 5.91 Å². The number of primary amides is 1.